The van der Waals surface area contributed by atoms with Crippen molar-refractivity contribution in [1.29, 1.82) is 0 Å². The number of aliphatic carboxylic acids is 1. The van der Waals surface area contributed by atoms with Gasteiger partial charge < -0.3 is 9.84 Å². The van der Waals surface area contributed by atoms with Crippen molar-refractivity contribution in [1.82, 2.24) is 4.90 Å². The van der Waals surface area contributed by atoms with Crippen molar-refractivity contribution in [3.8, 4) is 5.75 Å². The van der Waals surface area contributed by atoms with Gasteiger partial charge in [0.15, 0.2) is 0 Å². The van der Waals surface area contributed by atoms with Gasteiger partial charge in [-0.15, -0.1) is 0 Å². The summed E-state index contributed by atoms with van der Waals surface area (Å²) in [6.45, 7) is 5.08. The van der Waals surface area contributed by atoms with Crippen LogP contribution in [0.5, 0.6) is 5.75 Å². The summed E-state index contributed by atoms with van der Waals surface area (Å²) in [6.07, 6.45) is 3.35. The lowest BCUT2D eigenvalue weighted by Crippen LogP contribution is -2.35. The van der Waals surface area contributed by atoms with Crippen LogP contribution in [0.2, 0.25) is 0 Å². The molecular formula is C16H24BrNO3. The summed E-state index contributed by atoms with van der Waals surface area (Å²) in [5.41, 5.74) is 0.997. The highest BCUT2D eigenvalue weighted by molar-refractivity contribution is 9.10. The average molecular weight is 358 g/mol. The van der Waals surface area contributed by atoms with Crippen molar-refractivity contribution in [2.45, 2.75) is 45.7 Å². The monoisotopic (exact) mass is 357 g/mol. The zero-order valence-electron chi connectivity index (χ0n) is 12.9. The van der Waals surface area contributed by atoms with E-state index >= 15 is 0 Å². The zero-order valence-corrected chi connectivity index (χ0v) is 14.5. The van der Waals surface area contributed by atoms with Gasteiger partial charge >= 0.3 is 5.97 Å². The highest BCUT2D eigenvalue weighted by Gasteiger charge is 2.18. The number of hydrogen-bond donors (Lipinski definition) is 1. The third kappa shape index (κ3) is 6.06. The van der Waals surface area contributed by atoms with E-state index in [0.717, 1.165) is 35.0 Å². The Hall–Kier alpha value is -1.07. The molecule has 0 radical (unpaired) electrons. The molecule has 118 valence electrons. The number of unbranched alkanes of at least 4 members (excludes halogenated alkanes) is 2. The van der Waals surface area contributed by atoms with E-state index in [9.17, 15) is 4.79 Å². The maximum atomic E-state index is 11.0. The van der Waals surface area contributed by atoms with Crippen LogP contribution >= 0.6 is 15.9 Å². The Morgan fingerprint density at radius 2 is 2.14 bits per heavy atom. The molecule has 1 unspecified atom stereocenters. The van der Waals surface area contributed by atoms with Gasteiger partial charge in [-0.3, -0.25) is 9.69 Å². The van der Waals surface area contributed by atoms with Crippen LogP contribution in [-0.2, 0) is 11.3 Å². The molecule has 5 heteroatoms. The highest BCUT2D eigenvalue weighted by atomic mass is 79.9. The number of hydrogen-bond acceptors (Lipinski definition) is 3. The SMILES string of the molecule is CCCCCOc1ccc(Br)cc1CN(C)C(C)C(=O)O. The van der Waals surface area contributed by atoms with Crippen molar-refractivity contribution in [3.05, 3.63) is 28.2 Å². The van der Waals surface area contributed by atoms with Gasteiger partial charge in [-0.05, 0) is 38.6 Å². The first-order valence-corrected chi connectivity index (χ1v) is 8.09. The van der Waals surface area contributed by atoms with Gasteiger partial charge in [0, 0.05) is 16.6 Å². The van der Waals surface area contributed by atoms with Crippen LogP contribution in [0.15, 0.2) is 22.7 Å². The summed E-state index contributed by atoms with van der Waals surface area (Å²) in [4.78, 5) is 12.8. The van der Waals surface area contributed by atoms with E-state index in [1.54, 1.807) is 18.9 Å². The third-order valence-corrected chi connectivity index (χ3v) is 3.96. The van der Waals surface area contributed by atoms with E-state index in [4.69, 9.17) is 9.84 Å². The van der Waals surface area contributed by atoms with Crippen LogP contribution in [0.3, 0.4) is 0 Å². The molecule has 1 aromatic rings. The zero-order chi connectivity index (χ0) is 15.8. The first kappa shape index (κ1) is 18.0. The van der Waals surface area contributed by atoms with Crippen molar-refractivity contribution in [3.63, 3.8) is 0 Å². The number of ether oxygens (including phenoxy) is 1. The van der Waals surface area contributed by atoms with Gasteiger partial charge in [0.1, 0.15) is 11.8 Å². The topological polar surface area (TPSA) is 49.8 Å². The third-order valence-electron chi connectivity index (χ3n) is 3.47. The Kier molecular flexibility index (Phi) is 7.75. The number of carboxylic acids is 1. The van der Waals surface area contributed by atoms with Crippen molar-refractivity contribution in [2.24, 2.45) is 0 Å². The van der Waals surface area contributed by atoms with Gasteiger partial charge in [-0.25, -0.2) is 0 Å². The molecule has 0 fully saturated rings. The number of halogens is 1. The fraction of sp³-hybridized carbons (Fsp3) is 0.562. The van der Waals surface area contributed by atoms with Crippen LogP contribution in [0, 0.1) is 0 Å². The molecule has 0 saturated carbocycles. The lowest BCUT2D eigenvalue weighted by atomic mass is 10.1. The van der Waals surface area contributed by atoms with Gasteiger partial charge in [-0.2, -0.15) is 0 Å². The van der Waals surface area contributed by atoms with Crippen molar-refractivity contribution < 1.29 is 14.6 Å². The second-order valence-corrected chi connectivity index (χ2v) is 6.15. The molecule has 1 N–H and O–H groups in total. The number of likely N-dealkylation sites (N-methyl/N-ethyl adjacent to an activating group) is 1. The smallest absolute Gasteiger partial charge is 0.320 e. The van der Waals surface area contributed by atoms with Crippen molar-refractivity contribution >= 4 is 21.9 Å². The predicted octanol–water partition coefficient (Wildman–Crippen LogP) is 3.92. The van der Waals surface area contributed by atoms with Crippen LogP contribution in [-0.4, -0.2) is 35.7 Å². The van der Waals surface area contributed by atoms with Crippen LogP contribution in [0.1, 0.15) is 38.7 Å². The molecule has 1 rings (SSSR count). The molecular weight excluding hydrogens is 334 g/mol. The second-order valence-electron chi connectivity index (χ2n) is 5.24. The van der Waals surface area contributed by atoms with E-state index < -0.39 is 12.0 Å². The minimum Gasteiger partial charge on any atom is -0.493 e. The van der Waals surface area contributed by atoms with Crippen LogP contribution < -0.4 is 4.74 Å². The summed E-state index contributed by atoms with van der Waals surface area (Å²) in [5, 5.41) is 9.07. The molecule has 1 aromatic carbocycles. The van der Waals surface area contributed by atoms with E-state index in [1.165, 1.54) is 0 Å². The molecule has 0 aromatic heterocycles. The number of carboxylic acid groups (broad SMARTS) is 1. The molecule has 0 aliphatic heterocycles. The molecule has 0 heterocycles. The molecule has 0 amide bonds. The number of benzene rings is 1. The van der Waals surface area contributed by atoms with Gasteiger partial charge in [0.05, 0.1) is 6.61 Å². The fourth-order valence-corrected chi connectivity index (χ4v) is 2.35. The maximum Gasteiger partial charge on any atom is 0.320 e. The van der Waals surface area contributed by atoms with Crippen molar-refractivity contribution in [2.75, 3.05) is 13.7 Å². The Bertz CT molecular complexity index is 465. The van der Waals surface area contributed by atoms with E-state index in [2.05, 4.69) is 22.9 Å². The molecule has 21 heavy (non-hydrogen) atoms. The number of rotatable bonds is 9. The molecule has 4 nitrogen and oxygen atoms in total. The van der Waals surface area contributed by atoms with E-state index in [-0.39, 0.29) is 0 Å². The minimum absolute atomic E-state index is 0.531. The molecule has 0 spiro atoms. The Labute approximate surface area is 135 Å². The van der Waals surface area contributed by atoms with Gasteiger partial charge in [-0.1, -0.05) is 35.7 Å². The maximum absolute atomic E-state index is 11.0. The molecule has 0 saturated heterocycles. The second kappa shape index (κ2) is 9.05. The van der Waals surface area contributed by atoms with E-state index in [1.807, 2.05) is 18.2 Å². The number of carbonyl (C=O) groups is 1. The lowest BCUT2D eigenvalue weighted by molar-refractivity contribution is -0.142. The molecule has 0 aliphatic rings. The van der Waals surface area contributed by atoms with Crippen LogP contribution in [0.25, 0.3) is 0 Å². The minimum atomic E-state index is -0.821. The molecule has 1 atom stereocenters. The van der Waals surface area contributed by atoms with Gasteiger partial charge in [0.2, 0.25) is 0 Å². The van der Waals surface area contributed by atoms with E-state index in [0.29, 0.717) is 13.2 Å². The Morgan fingerprint density at radius 3 is 2.76 bits per heavy atom. The predicted molar refractivity (Wildman–Crippen MR) is 87.7 cm³/mol. The summed E-state index contributed by atoms with van der Waals surface area (Å²) in [5.74, 6) is 0.0108. The summed E-state index contributed by atoms with van der Waals surface area (Å²) >= 11 is 3.45. The Morgan fingerprint density at radius 1 is 1.43 bits per heavy atom. The molecule has 0 bridgehead atoms. The highest BCUT2D eigenvalue weighted by Crippen LogP contribution is 2.25. The quantitative estimate of drug-likeness (QED) is 0.680. The fourth-order valence-electron chi connectivity index (χ4n) is 1.94. The molecule has 0 aliphatic carbocycles. The summed E-state index contributed by atoms with van der Waals surface area (Å²) < 4.78 is 6.81. The summed E-state index contributed by atoms with van der Waals surface area (Å²) in [6, 6.07) is 5.33. The van der Waals surface area contributed by atoms with Gasteiger partial charge in [0.25, 0.3) is 0 Å². The lowest BCUT2D eigenvalue weighted by Gasteiger charge is -2.22. The average Bonchev–Trinajstić information content (AvgIpc) is 2.44. The number of nitrogens with zero attached hydrogens (tertiary/aromatic N) is 1. The standard InChI is InChI=1S/C16H24BrNO3/c1-4-5-6-9-21-15-8-7-14(17)10-13(15)11-18(3)12(2)16(19)20/h7-8,10,12H,4-6,9,11H2,1-3H3,(H,19,20). The Balaban J connectivity index is 2.74. The summed E-state index contributed by atoms with van der Waals surface area (Å²) in [7, 11) is 1.81. The normalized spacial score (nSPS) is 12.4. The first-order valence-electron chi connectivity index (χ1n) is 7.30. The first-order chi connectivity index (χ1) is 9.95. The van der Waals surface area contributed by atoms with Crippen LogP contribution in [0.4, 0.5) is 0 Å². The largest absolute Gasteiger partial charge is 0.493 e.